The zero-order chi connectivity index (χ0) is 21.6. The Bertz CT molecular complexity index is 1070. The van der Waals surface area contributed by atoms with Crippen LogP contribution in [0.25, 0.3) is 11.6 Å². The number of aryl methyl sites for hydroxylation is 1. The molecule has 7 heteroatoms. The maximum atomic E-state index is 14.0. The van der Waals surface area contributed by atoms with Crippen molar-refractivity contribution in [2.75, 3.05) is 26.2 Å². The van der Waals surface area contributed by atoms with Gasteiger partial charge in [0.25, 0.3) is 0 Å². The summed E-state index contributed by atoms with van der Waals surface area (Å²) in [5.74, 6) is 2.94. The van der Waals surface area contributed by atoms with Gasteiger partial charge in [-0.3, -0.25) is 4.79 Å². The van der Waals surface area contributed by atoms with E-state index in [0.29, 0.717) is 22.9 Å². The molecule has 162 valence electrons. The van der Waals surface area contributed by atoms with E-state index in [-0.39, 0.29) is 5.78 Å². The van der Waals surface area contributed by atoms with Crippen molar-refractivity contribution >= 4 is 23.1 Å². The number of nitrogens with zero attached hydrogens (tertiary/aromatic N) is 2. The highest BCUT2D eigenvalue weighted by Crippen LogP contribution is 2.50. The van der Waals surface area contributed by atoms with E-state index in [1.54, 1.807) is 14.2 Å². The number of ketones is 1. The number of fused-ring (bicyclic) bond motifs is 1. The number of aromatic amines is 1. The number of carbonyl (C=O) groups is 1. The number of hydrogen-bond acceptors (Lipinski definition) is 6. The van der Waals surface area contributed by atoms with Gasteiger partial charge in [0.15, 0.2) is 5.78 Å². The predicted octanol–water partition coefficient (Wildman–Crippen LogP) is 3.68. The fourth-order valence-corrected chi connectivity index (χ4v) is 5.22. The van der Waals surface area contributed by atoms with Gasteiger partial charge in [0.2, 0.25) is 0 Å². The molecule has 2 aromatic rings. The summed E-state index contributed by atoms with van der Waals surface area (Å²) in [6, 6.07) is 5.78. The van der Waals surface area contributed by atoms with E-state index >= 15 is 0 Å². The number of H-pyrrole nitrogens is 1. The second-order valence-corrected chi connectivity index (χ2v) is 8.34. The number of Topliss-reactive ketones (excluding diaryl/α,β-unsaturated/α-hetero) is 1. The van der Waals surface area contributed by atoms with Gasteiger partial charge in [0.05, 0.1) is 25.6 Å². The molecule has 0 amide bonds. The van der Waals surface area contributed by atoms with Gasteiger partial charge >= 0.3 is 0 Å². The zero-order valence-electron chi connectivity index (χ0n) is 18.2. The molecule has 2 heterocycles. The average Bonchev–Trinajstić information content (AvgIpc) is 3.50. The molecule has 0 saturated heterocycles. The molecule has 1 saturated carbocycles. The molecule has 0 radical (unpaired) electrons. The van der Waals surface area contributed by atoms with Crippen molar-refractivity contribution in [3.05, 3.63) is 47.3 Å². The SMILES string of the molecule is CNC1=C(c2nc3c([nH]2)CCC=C3)C(=O)C2(CCCC2)N1c1cc(OC)cc(OC)c1. The normalized spacial score (nSPS) is 19.3. The third kappa shape index (κ3) is 2.94. The molecule has 5 rings (SSSR count). The highest BCUT2D eigenvalue weighted by atomic mass is 16.5. The Labute approximate surface area is 182 Å². The first-order valence-electron chi connectivity index (χ1n) is 10.9. The van der Waals surface area contributed by atoms with Crippen LogP contribution in [0.1, 0.15) is 49.3 Å². The molecule has 1 fully saturated rings. The van der Waals surface area contributed by atoms with Crippen LogP contribution in [0.3, 0.4) is 0 Å². The van der Waals surface area contributed by atoms with Gasteiger partial charge in [0.1, 0.15) is 34.3 Å². The summed E-state index contributed by atoms with van der Waals surface area (Å²) in [6.07, 6.45) is 9.71. The third-order valence-corrected chi connectivity index (χ3v) is 6.68. The smallest absolute Gasteiger partial charge is 0.196 e. The van der Waals surface area contributed by atoms with Crippen molar-refractivity contribution in [3.63, 3.8) is 0 Å². The third-order valence-electron chi connectivity index (χ3n) is 6.68. The summed E-state index contributed by atoms with van der Waals surface area (Å²) < 4.78 is 11.0. The van der Waals surface area contributed by atoms with Crippen LogP contribution >= 0.6 is 0 Å². The van der Waals surface area contributed by atoms with E-state index in [1.807, 2.05) is 31.3 Å². The quantitative estimate of drug-likeness (QED) is 0.768. The van der Waals surface area contributed by atoms with Gasteiger partial charge in [-0.2, -0.15) is 0 Å². The minimum absolute atomic E-state index is 0.131. The lowest BCUT2D eigenvalue weighted by molar-refractivity contribution is -0.117. The fraction of sp³-hybridized carbons (Fsp3) is 0.417. The Morgan fingerprint density at radius 2 is 1.84 bits per heavy atom. The van der Waals surface area contributed by atoms with Crippen LogP contribution in [0.15, 0.2) is 30.1 Å². The number of imidazole rings is 1. The lowest BCUT2D eigenvalue weighted by atomic mass is 9.89. The summed E-state index contributed by atoms with van der Waals surface area (Å²) >= 11 is 0. The molecular formula is C24H28N4O3. The van der Waals surface area contributed by atoms with Crippen LogP contribution in [0, 0.1) is 0 Å². The highest BCUT2D eigenvalue weighted by Gasteiger charge is 2.55. The molecule has 31 heavy (non-hydrogen) atoms. The van der Waals surface area contributed by atoms with E-state index in [4.69, 9.17) is 14.5 Å². The first kappa shape index (κ1) is 19.7. The number of rotatable bonds is 5. The number of methoxy groups -OCH3 is 2. The first-order chi connectivity index (χ1) is 15.1. The van der Waals surface area contributed by atoms with Crippen molar-refractivity contribution in [1.29, 1.82) is 0 Å². The van der Waals surface area contributed by atoms with Crippen molar-refractivity contribution < 1.29 is 14.3 Å². The predicted molar refractivity (Wildman–Crippen MR) is 120 cm³/mol. The van der Waals surface area contributed by atoms with Gasteiger partial charge in [-0.05, 0) is 31.8 Å². The van der Waals surface area contributed by atoms with Crippen molar-refractivity contribution in [2.24, 2.45) is 0 Å². The Morgan fingerprint density at radius 1 is 1.13 bits per heavy atom. The molecule has 0 bridgehead atoms. The van der Waals surface area contributed by atoms with Gasteiger partial charge in [0, 0.05) is 30.9 Å². The first-order valence-corrected chi connectivity index (χ1v) is 10.9. The number of anilines is 1. The molecule has 0 atom stereocenters. The van der Waals surface area contributed by atoms with Crippen LogP contribution in [-0.2, 0) is 11.2 Å². The zero-order valence-corrected chi connectivity index (χ0v) is 18.2. The summed E-state index contributed by atoms with van der Waals surface area (Å²) in [4.78, 5) is 24.4. The average molecular weight is 421 g/mol. The van der Waals surface area contributed by atoms with E-state index in [9.17, 15) is 4.79 Å². The number of ether oxygens (including phenoxy) is 2. The number of carbonyl (C=O) groups excluding carboxylic acids is 1. The lowest BCUT2D eigenvalue weighted by Crippen LogP contribution is -2.49. The van der Waals surface area contributed by atoms with Gasteiger partial charge in [-0.1, -0.05) is 18.9 Å². The molecule has 3 aliphatic rings. The largest absolute Gasteiger partial charge is 0.497 e. The Morgan fingerprint density at radius 3 is 2.45 bits per heavy atom. The van der Waals surface area contributed by atoms with Crippen LogP contribution in [0.4, 0.5) is 5.69 Å². The van der Waals surface area contributed by atoms with Crippen molar-refractivity contribution in [3.8, 4) is 11.5 Å². The topological polar surface area (TPSA) is 79.5 Å². The van der Waals surface area contributed by atoms with Crippen molar-refractivity contribution in [2.45, 2.75) is 44.1 Å². The number of allylic oxidation sites excluding steroid dienone is 1. The van der Waals surface area contributed by atoms with Crippen LogP contribution in [0.5, 0.6) is 11.5 Å². The molecule has 2 N–H and O–H groups in total. The number of nitrogens with one attached hydrogen (secondary N) is 2. The Balaban J connectivity index is 1.71. The molecule has 7 nitrogen and oxygen atoms in total. The van der Waals surface area contributed by atoms with Gasteiger partial charge in [-0.25, -0.2) is 4.98 Å². The van der Waals surface area contributed by atoms with E-state index in [1.165, 1.54) is 0 Å². The number of hydrogen-bond donors (Lipinski definition) is 2. The monoisotopic (exact) mass is 420 g/mol. The molecule has 0 unspecified atom stereocenters. The van der Waals surface area contributed by atoms with Crippen molar-refractivity contribution in [1.82, 2.24) is 15.3 Å². The molecule has 1 aliphatic heterocycles. The minimum Gasteiger partial charge on any atom is -0.497 e. The molecule has 1 spiro atoms. The van der Waals surface area contributed by atoms with Crippen LogP contribution in [0.2, 0.25) is 0 Å². The van der Waals surface area contributed by atoms with E-state index in [0.717, 1.165) is 61.4 Å². The summed E-state index contributed by atoms with van der Waals surface area (Å²) in [7, 11) is 5.14. The molecule has 1 aromatic carbocycles. The fourth-order valence-electron chi connectivity index (χ4n) is 5.22. The molecule has 2 aliphatic carbocycles. The second-order valence-electron chi connectivity index (χ2n) is 8.34. The van der Waals surface area contributed by atoms with Gasteiger partial charge in [-0.15, -0.1) is 0 Å². The highest BCUT2D eigenvalue weighted by molar-refractivity contribution is 6.30. The molecule has 1 aromatic heterocycles. The second kappa shape index (κ2) is 7.48. The standard InChI is InChI=1S/C24H28N4O3/c1-25-23-20(22-26-18-8-4-5-9-19(18)27-22)21(29)24(10-6-7-11-24)28(23)15-12-16(30-2)14-17(13-15)31-3/h4,8,12-14,25H,5-7,9-11H2,1-3H3,(H,26,27). The maximum Gasteiger partial charge on any atom is 0.196 e. The summed E-state index contributed by atoms with van der Waals surface area (Å²) in [5, 5.41) is 3.32. The summed E-state index contributed by atoms with van der Waals surface area (Å²) in [5.41, 5.74) is 2.92. The Kier molecular flexibility index (Phi) is 4.76. The molecular weight excluding hydrogens is 392 g/mol. The number of aromatic nitrogens is 2. The van der Waals surface area contributed by atoms with Crippen LogP contribution in [-0.4, -0.2) is 42.6 Å². The number of benzene rings is 1. The lowest BCUT2D eigenvalue weighted by Gasteiger charge is -2.37. The minimum atomic E-state index is -0.617. The summed E-state index contributed by atoms with van der Waals surface area (Å²) in [6.45, 7) is 0. The van der Waals surface area contributed by atoms with Crippen LogP contribution < -0.4 is 19.7 Å². The van der Waals surface area contributed by atoms with Gasteiger partial charge < -0.3 is 24.7 Å². The Hall–Kier alpha value is -3.22. The van der Waals surface area contributed by atoms with E-state index < -0.39 is 5.54 Å². The maximum absolute atomic E-state index is 14.0. The van der Waals surface area contributed by atoms with E-state index in [2.05, 4.69) is 21.3 Å².